The Hall–Kier alpha value is -2.47. The molecule has 1 aliphatic rings. The molecular weight excluding hydrogens is 309 g/mol. The van der Waals surface area contributed by atoms with Crippen molar-refractivity contribution in [2.75, 3.05) is 18.4 Å². The highest BCUT2D eigenvalue weighted by Gasteiger charge is 2.21. The number of hydrogen-bond donors (Lipinski definition) is 1. The van der Waals surface area contributed by atoms with Crippen LogP contribution in [0.1, 0.15) is 18.4 Å². The van der Waals surface area contributed by atoms with E-state index in [0.717, 1.165) is 37.2 Å². The minimum atomic E-state index is -0.321. The summed E-state index contributed by atoms with van der Waals surface area (Å²) in [6.45, 7) is 2.36. The topological polar surface area (TPSA) is 58.4 Å². The van der Waals surface area contributed by atoms with Crippen molar-refractivity contribution in [3.63, 3.8) is 0 Å². The first-order valence-corrected chi connectivity index (χ1v) is 8.08. The van der Waals surface area contributed by atoms with Crippen LogP contribution in [0, 0.1) is 15.9 Å². The molecule has 1 aliphatic heterocycles. The smallest absolute Gasteiger partial charge is 0.273 e. The fraction of sp³-hybridized carbons (Fsp3) is 0.333. The predicted molar refractivity (Wildman–Crippen MR) is 91.4 cm³/mol. The number of benzene rings is 2. The van der Waals surface area contributed by atoms with E-state index in [1.807, 2.05) is 12.1 Å². The van der Waals surface area contributed by atoms with Crippen molar-refractivity contribution >= 4 is 11.4 Å². The van der Waals surface area contributed by atoms with Crippen molar-refractivity contribution in [2.24, 2.45) is 0 Å². The van der Waals surface area contributed by atoms with Crippen molar-refractivity contribution in [2.45, 2.75) is 25.4 Å². The highest BCUT2D eigenvalue weighted by atomic mass is 19.1. The zero-order valence-electron chi connectivity index (χ0n) is 13.3. The molecule has 3 rings (SSSR count). The van der Waals surface area contributed by atoms with E-state index >= 15 is 0 Å². The first-order valence-electron chi connectivity index (χ1n) is 8.08. The van der Waals surface area contributed by atoms with Gasteiger partial charge in [-0.05, 0) is 37.1 Å². The quantitative estimate of drug-likeness (QED) is 0.669. The number of nitro benzene ring substituents is 1. The lowest BCUT2D eigenvalue weighted by molar-refractivity contribution is -0.385. The van der Waals surface area contributed by atoms with Crippen LogP contribution in [0.15, 0.2) is 48.5 Å². The number of nitrogens with zero attached hydrogens (tertiary/aromatic N) is 2. The van der Waals surface area contributed by atoms with E-state index < -0.39 is 0 Å². The van der Waals surface area contributed by atoms with Gasteiger partial charge in [-0.15, -0.1) is 0 Å². The van der Waals surface area contributed by atoms with Gasteiger partial charge in [0.15, 0.2) is 0 Å². The summed E-state index contributed by atoms with van der Waals surface area (Å²) >= 11 is 0. The summed E-state index contributed by atoms with van der Waals surface area (Å²) in [6, 6.07) is 13.6. The Kier molecular flexibility index (Phi) is 5.05. The van der Waals surface area contributed by atoms with Crippen LogP contribution in [0.2, 0.25) is 0 Å². The van der Waals surface area contributed by atoms with Crippen molar-refractivity contribution in [1.82, 2.24) is 4.90 Å². The zero-order chi connectivity index (χ0) is 16.9. The second kappa shape index (κ2) is 7.40. The Bertz CT molecular complexity index is 698. The Morgan fingerprint density at radius 2 is 1.79 bits per heavy atom. The molecule has 0 aliphatic carbocycles. The Labute approximate surface area is 140 Å². The molecule has 1 saturated heterocycles. The molecule has 0 unspecified atom stereocenters. The Balaban J connectivity index is 1.54. The molecule has 24 heavy (non-hydrogen) atoms. The molecular formula is C18H20FN3O2. The largest absolute Gasteiger partial charge is 0.382 e. The van der Waals surface area contributed by atoms with Gasteiger partial charge in [0.05, 0.1) is 4.92 Å². The van der Waals surface area contributed by atoms with E-state index in [2.05, 4.69) is 10.2 Å². The summed E-state index contributed by atoms with van der Waals surface area (Å²) in [5.74, 6) is -0.236. The van der Waals surface area contributed by atoms with Gasteiger partial charge < -0.3 is 5.32 Å². The zero-order valence-corrected chi connectivity index (χ0v) is 13.3. The molecule has 0 saturated carbocycles. The van der Waals surface area contributed by atoms with Crippen molar-refractivity contribution in [1.29, 1.82) is 0 Å². The molecule has 0 atom stereocenters. The molecule has 0 bridgehead atoms. The number of nitrogens with one attached hydrogen (secondary N) is 1. The third-order valence-corrected chi connectivity index (χ3v) is 4.38. The van der Waals surface area contributed by atoms with Crippen LogP contribution >= 0.6 is 0 Å². The number of nitro groups is 1. The average Bonchev–Trinajstić information content (AvgIpc) is 2.59. The van der Waals surface area contributed by atoms with Crippen LogP contribution in [-0.2, 0) is 6.54 Å². The maximum absolute atomic E-state index is 12.9. The van der Waals surface area contributed by atoms with Gasteiger partial charge in [-0.2, -0.15) is 0 Å². The lowest BCUT2D eigenvalue weighted by Gasteiger charge is -2.32. The molecule has 0 amide bonds. The van der Waals surface area contributed by atoms with Crippen molar-refractivity contribution in [3.05, 3.63) is 70.0 Å². The van der Waals surface area contributed by atoms with E-state index in [4.69, 9.17) is 0 Å². The molecule has 6 heteroatoms. The molecule has 2 aromatic rings. The van der Waals surface area contributed by atoms with Crippen LogP contribution in [0.3, 0.4) is 0 Å². The van der Waals surface area contributed by atoms with Gasteiger partial charge in [0.1, 0.15) is 5.82 Å². The van der Waals surface area contributed by atoms with Gasteiger partial charge in [0, 0.05) is 43.0 Å². The minimum absolute atomic E-state index is 0.184. The minimum Gasteiger partial charge on any atom is -0.382 e. The summed E-state index contributed by atoms with van der Waals surface area (Å²) in [4.78, 5) is 13.0. The fourth-order valence-corrected chi connectivity index (χ4v) is 3.08. The van der Waals surface area contributed by atoms with Gasteiger partial charge in [-0.3, -0.25) is 15.0 Å². The Morgan fingerprint density at radius 1 is 1.12 bits per heavy atom. The molecule has 1 N–H and O–H groups in total. The first-order chi connectivity index (χ1) is 11.6. The van der Waals surface area contributed by atoms with Crippen molar-refractivity contribution in [3.8, 4) is 0 Å². The number of halogens is 1. The molecule has 0 aromatic heterocycles. The van der Waals surface area contributed by atoms with Crippen molar-refractivity contribution < 1.29 is 9.31 Å². The number of anilines is 1. The first kappa shape index (κ1) is 16.4. The molecule has 0 radical (unpaired) electrons. The van der Waals surface area contributed by atoms with Gasteiger partial charge in [0.2, 0.25) is 0 Å². The number of piperidine rings is 1. The number of hydrogen-bond acceptors (Lipinski definition) is 4. The molecule has 5 nitrogen and oxygen atoms in total. The standard InChI is InChI=1S/C18H20FN3O2/c19-15-5-7-16(8-6-15)20-17-9-11-21(12-10-17)13-14-3-1-2-4-18(14)22(23)24/h1-8,17,20H,9-13H2. The molecule has 0 spiro atoms. The SMILES string of the molecule is O=[N+]([O-])c1ccccc1CN1CCC(Nc2ccc(F)cc2)CC1. The summed E-state index contributed by atoms with van der Waals surface area (Å²) in [7, 11) is 0. The summed E-state index contributed by atoms with van der Waals surface area (Å²) in [6.07, 6.45) is 1.91. The predicted octanol–water partition coefficient (Wildman–Crippen LogP) is 3.81. The third-order valence-electron chi connectivity index (χ3n) is 4.38. The second-order valence-corrected chi connectivity index (χ2v) is 6.09. The number of likely N-dealkylation sites (tertiary alicyclic amines) is 1. The monoisotopic (exact) mass is 329 g/mol. The molecule has 1 fully saturated rings. The lowest BCUT2D eigenvalue weighted by atomic mass is 10.0. The highest BCUT2D eigenvalue weighted by molar-refractivity contribution is 5.44. The third kappa shape index (κ3) is 4.08. The maximum Gasteiger partial charge on any atom is 0.273 e. The van der Waals surface area contributed by atoms with Gasteiger partial charge in [0.25, 0.3) is 5.69 Å². The molecule has 1 heterocycles. The van der Waals surface area contributed by atoms with Crippen LogP contribution in [0.5, 0.6) is 0 Å². The molecule has 2 aromatic carbocycles. The molecule has 126 valence electrons. The van der Waals surface area contributed by atoms with Crippen LogP contribution in [0.4, 0.5) is 15.8 Å². The Morgan fingerprint density at radius 3 is 2.46 bits per heavy atom. The van der Waals surface area contributed by atoms with E-state index in [9.17, 15) is 14.5 Å². The fourth-order valence-electron chi connectivity index (χ4n) is 3.08. The number of rotatable bonds is 5. The van der Waals surface area contributed by atoms with E-state index in [-0.39, 0.29) is 16.4 Å². The second-order valence-electron chi connectivity index (χ2n) is 6.09. The summed E-state index contributed by atoms with van der Waals surface area (Å²) in [5, 5.41) is 14.5. The van der Waals surface area contributed by atoms with Crippen LogP contribution in [0.25, 0.3) is 0 Å². The van der Waals surface area contributed by atoms with Gasteiger partial charge in [-0.25, -0.2) is 4.39 Å². The van der Waals surface area contributed by atoms with E-state index in [1.165, 1.54) is 12.1 Å². The normalized spacial score (nSPS) is 16.0. The van der Waals surface area contributed by atoms with Crippen LogP contribution in [-0.4, -0.2) is 29.0 Å². The average molecular weight is 329 g/mol. The summed E-state index contributed by atoms with van der Waals surface area (Å²) in [5.41, 5.74) is 1.87. The van der Waals surface area contributed by atoms with Gasteiger partial charge in [-0.1, -0.05) is 18.2 Å². The van der Waals surface area contributed by atoms with Gasteiger partial charge >= 0.3 is 0 Å². The highest BCUT2D eigenvalue weighted by Crippen LogP contribution is 2.23. The van der Waals surface area contributed by atoms with Crippen LogP contribution < -0.4 is 5.32 Å². The summed E-state index contributed by atoms with van der Waals surface area (Å²) < 4.78 is 12.9. The lowest BCUT2D eigenvalue weighted by Crippen LogP contribution is -2.38. The van der Waals surface area contributed by atoms with E-state index in [1.54, 1.807) is 24.3 Å². The van der Waals surface area contributed by atoms with E-state index in [0.29, 0.717) is 12.6 Å². The number of para-hydroxylation sites is 1. The maximum atomic E-state index is 12.9.